The van der Waals surface area contributed by atoms with Gasteiger partial charge in [0.2, 0.25) is 0 Å². The zero-order valence-electron chi connectivity index (χ0n) is 9.32. The van der Waals surface area contributed by atoms with E-state index in [1.165, 1.54) is 11.1 Å². The highest BCUT2D eigenvalue weighted by Crippen LogP contribution is 2.14. The maximum atomic E-state index is 9.57. The molecule has 0 aliphatic carbocycles. The molecule has 1 aromatic carbocycles. The Kier molecular flexibility index (Phi) is 3.39. The molecule has 1 atom stereocenters. The van der Waals surface area contributed by atoms with Crippen molar-refractivity contribution in [1.82, 2.24) is 4.90 Å². The summed E-state index contributed by atoms with van der Waals surface area (Å²) >= 11 is 0. The summed E-state index contributed by atoms with van der Waals surface area (Å²) in [6.45, 7) is 5.03. The minimum absolute atomic E-state index is 0.122. The van der Waals surface area contributed by atoms with Crippen molar-refractivity contribution in [2.45, 2.75) is 32.4 Å². The lowest BCUT2D eigenvalue weighted by molar-refractivity contribution is 0.0668. The van der Waals surface area contributed by atoms with E-state index in [0.29, 0.717) is 0 Å². The molecule has 0 radical (unpaired) electrons. The minimum Gasteiger partial charge on any atom is -0.392 e. The van der Waals surface area contributed by atoms with Crippen LogP contribution in [0.2, 0.25) is 0 Å². The third-order valence-corrected chi connectivity index (χ3v) is 2.97. The minimum atomic E-state index is -0.122. The molecule has 2 nitrogen and oxygen atoms in total. The first-order chi connectivity index (χ1) is 7.24. The van der Waals surface area contributed by atoms with Crippen LogP contribution in [-0.2, 0) is 6.54 Å². The number of likely N-dealkylation sites (tertiary alicyclic amines) is 1. The van der Waals surface area contributed by atoms with Gasteiger partial charge in [-0.15, -0.1) is 0 Å². The number of piperidine rings is 1. The van der Waals surface area contributed by atoms with Crippen molar-refractivity contribution >= 4 is 0 Å². The van der Waals surface area contributed by atoms with E-state index in [9.17, 15) is 5.11 Å². The second kappa shape index (κ2) is 4.77. The van der Waals surface area contributed by atoms with Crippen LogP contribution < -0.4 is 0 Å². The van der Waals surface area contributed by atoms with Crippen molar-refractivity contribution in [3.8, 4) is 0 Å². The van der Waals surface area contributed by atoms with E-state index < -0.39 is 0 Å². The average molecular weight is 205 g/mol. The van der Waals surface area contributed by atoms with Crippen LogP contribution in [0.5, 0.6) is 0 Å². The van der Waals surface area contributed by atoms with Crippen LogP contribution in [-0.4, -0.2) is 29.2 Å². The van der Waals surface area contributed by atoms with E-state index in [1.54, 1.807) is 0 Å². The number of hydrogen-bond acceptors (Lipinski definition) is 2. The lowest BCUT2D eigenvalue weighted by atomic mass is 10.1. The van der Waals surface area contributed by atoms with Crippen LogP contribution in [0.1, 0.15) is 24.0 Å². The Morgan fingerprint density at radius 2 is 2.33 bits per heavy atom. The number of aliphatic hydroxyl groups is 1. The molecule has 1 aliphatic heterocycles. The van der Waals surface area contributed by atoms with Crippen LogP contribution in [0.25, 0.3) is 0 Å². The molecule has 15 heavy (non-hydrogen) atoms. The van der Waals surface area contributed by atoms with Gasteiger partial charge >= 0.3 is 0 Å². The molecule has 1 aromatic rings. The summed E-state index contributed by atoms with van der Waals surface area (Å²) in [5.74, 6) is 0. The molecule has 2 heteroatoms. The number of benzene rings is 1. The summed E-state index contributed by atoms with van der Waals surface area (Å²) in [4.78, 5) is 2.34. The van der Waals surface area contributed by atoms with Gasteiger partial charge in [0.05, 0.1) is 6.10 Å². The Morgan fingerprint density at radius 3 is 3.07 bits per heavy atom. The van der Waals surface area contributed by atoms with E-state index in [1.807, 2.05) is 0 Å². The molecule has 1 saturated heterocycles. The zero-order chi connectivity index (χ0) is 10.7. The van der Waals surface area contributed by atoms with Gasteiger partial charge in [0.15, 0.2) is 0 Å². The quantitative estimate of drug-likeness (QED) is 0.797. The normalized spacial score (nSPS) is 22.9. The largest absolute Gasteiger partial charge is 0.392 e. The molecule has 0 amide bonds. The molecule has 0 unspecified atom stereocenters. The number of aliphatic hydroxyl groups excluding tert-OH is 1. The van der Waals surface area contributed by atoms with E-state index in [2.05, 4.69) is 36.1 Å². The van der Waals surface area contributed by atoms with Crippen LogP contribution in [0, 0.1) is 6.92 Å². The maximum absolute atomic E-state index is 9.57. The average Bonchev–Trinajstić information content (AvgIpc) is 2.17. The summed E-state index contributed by atoms with van der Waals surface area (Å²) in [5, 5.41) is 9.57. The van der Waals surface area contributed by atoms with Gasteiger partial charge in [0, 0.05) is 13.1 Å². The van der Waals surface area contributed by atoms with Crippen LogP contribution in [0.3, 0.4) is 0 Å². The lowest BCUT2D eigenvalue weighted by Gasteiger charge is -2.30. The van der Waals surface area contributed by atoms with E-state index in [0.717, 1.165) is 32.5 Å². The molecule has 0 bridgehead atoms. The predicted octanol–water partition coefficient (Wildman–Crippen LogP) is 1.95. The first-order valence-electron chi connectivity index (χ1n) is 5.70. The van der Waals surface area contributed by atoms with Gasteiger partial charge in [-0.1, -0.05) is 29.8 Å². The number of aryl methyl sites for hydroxylation is 1. The zero-order valence-corrected chi connectivity index (χ0v) is 9.32. The summed E-state index contributed by atoms with van der Waals surface area (Å²) < 4.78 is 0. The van der Waals surface area contributed by atoms with Gasteiger partial charge in [0.25, 0.3) is 0 Å². The van der Waals surface area contributed by atoms with Crippen molar-refractivity contribution in [3.05, 3.63) is 35.4 Å². The highest BCUT2D eigenvalue weighted by molar-refractivity contribution is 5.22. The van der Waals surface area contributed by atoms with Crippen molar-refractivity contribution in [3.63, 3.8) is 0 Å². The van der Waals surface area contributed by atoms with E-state index in [4.69, 9.17) is 0 Å². The SMILES string of the molecule is Cc1cccc(CN2CCC[C@H](O)C2)c1. The second-order valence-corrected chi connectivity index (χ2v) is 4.52. The standard InChI is InChI=1S/C13H19NO/c1-11-4-2-5-12(8-11)9-14-7-3-6-13(15)10-14/h2,4-5,8,13,15H,3,6-7,9-10H2,1H3/t13-/m0/s1. The Labute approximate surface area is 91.5 Å². The molecule has 1 fully saturated rings. The molecule has 0 spiro atoms. The molecule has 1 heterocycles. The molecule has 0 saturated carbocycles. The van der Waals surface area contributed by atoms with Gasteiger partial charge < -0.3 is 5.11 Å². The summed E-state index contributed by atoms with van der Waals surface area (Å²) in [6, 6.07) is 8.61. The van der Waals surface area contributed by atoms with Crippen LogP contribution >= 0.6 is 0 Å². The summed E-state index contributed by atoms with van der Waals surface area (Å²) in [6.07, 6.45) is 1.96. The monoisotopic (exact) mass is 205 g/mol. The Bertz CT molecular complexity index is 324. The number of β-amino-alcohol motifs (C(OH)–C–C–N with tert-alkyl or cyclic N) is 1. The Hall–Kier alpha value is -0.860. The van der Waals surface area contributed by atoms with Crippen LogP contribution in [0.4, 0.5) is 0 Å². The second-order valence-electron chi connectivity index (χ2n) is 4.52. The number of rotatable bonds is 2. The first-order valence-corrected chi connectivity index (χ1v) is 5.70. The fourth-order valence-electron chi connectivity index (χ4n) is 2.24. The highest BCUT2D eigenvalue weighted by Gasteiger charge is 2.17. The van der Waals surface area contributed by atoms with Gasteiger partial charge in [-0.25, -0.2) is 0 Å². The molecule has 1 N–H and O–H groups in total. The molecular weight excluding hydrogens is 186 g/mol. The first kappa shape index (κ1) is 10.7. The van der Waals surface area contributed by atoms with E-state index in [-0.39, 0.29) is 6.10 Å². The predicted molar refractivity (Wildman–Crippen MR) is 61.7 cm³/mol. The van der Waals surface area contributed by atoms with Gasteiger partial charge in [0.1, 0.15) is 0 Å². The molecule has 0 aromatic heterocycles. The Morgan fingerprint density at radius 1 is 1.47 bits per heavy atom. The van der Waals surface area contributed by atoms with Crippen molar-refractivity contribution in [2.75, 3.05) is 13.1 Å². The third kappa shape index (κ3) is 3.05. The van der Waals surface area contributed by atoms with Crippen LogP contribution in [0.15, 0.2) is 24.3 Å². The number of hydrogen-bond donors (Lipinski definition) is 1. The fraction of sp³-hybridized carbons (Fsp3) is 0.538. The third-order valence-electron chi connectivity index (χ3n) is 2.97. The molecule has 82 valence electrons. The fourth-order valence-corrected chi connectivity index (χ4v) is 2.24. The van der Waals surface area contributed by atoms with Gasteiger partial charge in [-0.3, -0.25) is 4.90 Å². The van der Waals surface area contributed by atoms with Gasteiger partial charge in [-0.05, 0) is 31.9 Å². The topological polar surface area (TPSA) is 23.5 Å². The number of nitrogens with zero attached hydrogens (tertiary/aromatic N) is 1. The van der Waals surface area contributed by atoms with Crippen molar-refractivity contribution in [2.24, 2.45) is 0 Å². The highest BCUT2D eigenvalue weighted by atomic mass is 16.3. The van der Waals surface area contributed by atoms with Gasteiger partial charge in [-0.2, -0.15) is 0 Å². The summed E-state index contributed by atoms with van der Waals surface area (Å²) in [5.41, 5.74) is 2.66. The smallest absolute Gasteiger partial charge is 0.0667 e. The van der Waals surface area contributed by atoms with E-state index >= 15 is 0 Å². The Balaban J connectivity index is 1.96. The molecule has 1 aliphatic rings. The summed E-state index contributed by atoms with van der Waals surface area (Å²) in [7, 11) is 0. The molecular formula is C13H19NO. The van der Waals surface area contributed by atoms with Crippen molar-refractivity contribution < 1.29 is 5.11 Å². The van der Waals surface area contributed by atoms with Crippen molar-refractivity contribution in [1.29, 1.82) is 0 Å². The maximum Gasteiger partial charge on any atom is 0.0667 e. The molecule has 2 rings (SSSR count). The lowest BCUT2D eigenvalue weighted by Crippen LogP contribution is -2.37.